The van der Waals surface area contributed by atoms with E-state index in [0.717, 1.165) is 0 Å². The van der Waals surface area contributed by atoms with Gasteiger partial charge in [-0.05, 0) is 34.1 Å². The van der Waals surface area contributed by atoms with Gasteiger partial charge in [0.15, 0.2) is 9.84 Å². The molecular weight excluding hydrogens is 314 g/mol. The van der Waals surface area contributed by atoms with Crippen LogP contribution in [0.5, 0.6) is 0 Å². The number of carbonyl (C=O) groups is 2. The maximum Gasteiger partial charge on any atom is 0.328 e. The van der Waals surface area contributed by atoms with Crippen molar-refractivity contribution in [1.82, 2.24) is 5.32 Å². The van der Waals surface area contributed by atoms with Gasteiger partial charge in [0.2, 0.25) is 5.91 Å². The first kappa shape index (κ1) is 18.3. The molecule has 0 radical (unpaired) electrons. The van der Waals surface area contributed by atoms with Gasteiger partial charge in [-0.15, -0.1) is 11.8 Å². The van der Waals surface area contributed by atoms with E-state index in [2.05, 4.69) is 5.32 Å². The maximum atomic E-state index is 11.8. The van der Waals surface area contributed by atoms with E-state index < -0.39 is 27.4 Å². The Bertz CT molecular complexity index is 495. The van der Waals surface area contributed by atoms with Crippen LogP contribution in [0.2, 0.25) is 0 Å². The Hall–Kier alpha value is -0.760. The molecule has 1 saturated heterocycles. The minimum Gasteiger partial charge on any atom is -0.458 e. The van der Waals surface area contributed by atoms with Crippen LogP contribution < -0.4 is 5.32 Å². The zero-order chi connectivity index (χ0) is 16.3. The van der Waals surface area contributed by atoms with Crippen LogP contribution in [0.4, 0.5) is 0 Å². The average molecular weight is 337 g/mol. The van der Waals surface area contributed by atoms with Crippen molar-refractivity contribution in [3.63, 3.8) is 0 Å². The first-order chi connectivity index (χ1) is 9.48. The van der Waals surface area contributed by atoms with Gasteiger partial charge in [-0.25, -0.2) is 13.2 Å². The van der Waals surface area contributed by atoms with Crippen LogP contribution in [0, 0.1) is 0 Å². The topological polar surface area (TPSA) is 89.5 Å². The Morgan fingerprint density at radius 3 is 2.48 bits per heavy atom. The van der Waals surface area contributed by atoms with Crippen LogP contribution >= 0.6 is 11.8 Å². The van der Waals surface area contributed by atoms with Crippen LogP contribution in [0.25, 0.3) is 0 Å². The summed E-state index contributed by atoms with van der Waals surface area (Å²) in [5.74, 6) is -0.299. The van der Waals surface area contributed by atoms with E-state index in [-0.39, 0.29) is 28.4 Å². The number of esters is 1. The van der Waals surface area contributed by atoms with E-state index in [9.17, 15) is 18.0 Å². The minimum atomic E-state index is -2.93. The Labute approximate surface area is 130 Å². The predicted octanol–water partition coefficient (Wildman–Crippen LogP) is 0.753. The molecule has 1 amide bonds. The summed E-state index contributed by atoms with van der Waals surface area (Å²) in [4.78, 5) is 23.5. The molecule has 122 valence electrons. The van der Waals surface area contributed by atoms with E-state index in [1.54, 1.807) is 27.7 Å². The third-order valence-corrected chi connectivity index (χ3v) is 6.06. The van der Waals surface area contributed by atoms with E-state index >= 15 is 0 Å². The third-order valence-electron chi connectivity index (χ3n) is 2.78. The number of hydrogen-bond acceptors (Lipinski definition) is 6. The van der Waals surface area contributed by atoms with E-state index in [1.807, 2.05) is 0 Å². The Morgan fingerprint density at radius 1 is 1.38 bits per heavy atom. The van der Waals surface area contributed by atoms with Crippen LogP contribution in [-0.4, -0.2) is 54.4 Å². The Kier molecular flexibility index (Phi) is 6.10. The molecule has 0 aromatic rings. The van der Waals surface area contributed by atoms with E-state index in [0.29, 0.717) is 6.42 Å². The monoisotopic (exact) mass is 337 g/mol. The van der Waals surface area contributed by atoms with Crippen LogP contribution in [0.3, 0.4) is 0 Å². The summed E-state index contributed by atoms with van der Waals surface area (Å²) in [6.07, 6.45) is 0.585. The summed E-state index contributed by atoms with van der Waals surface area (Å²) in [7, 11) is -2.93. The van der Waals surface area contributed by atoms with Gasteiger partial charge < -0.3 is 10.1 Å². The predicted molar refractivity (Wildman–Crippen MR) is 83.0 cm³/mol. The smallest absolute Gasteiger partial charge is 0.328 e. The second kappa shape index (κ2) is 7.00. The Balaban J connectivity index is 2.32. The average Bonchev–Trinajstić information content (AvgIpc) is 2.64. The number of hydrogen-bond donors (Lipinski definition) is 1. The zero-order valence-electron chi connectivity index (χ0n) is 12.8. The largest absolute Gasteiger partial charge is 0.458 e. The molecule has 1 heterocycles. The van der Waals surface area contributed by atoms with Gasteiger partial charge in [-0.2, -0.15) is 0 Å². The molecule has 0 spiro atoms. The van der Waals surface area contributed by atoms with E-state index in [1.165, 1.54) is 11.8 Å². The second-order valence-corrected chi connectivity index (χ2v) is 9.68. The van der Waals surface area contributed by atoms with Crippen molar-refractivity contribution in [2.75, 3.05) is 17.3 Å². The summed E-state index contributed by atoms with van der Waals surface area (Å²) < 4.78 is 27.8. The van der Waals surface area contributed by atoms with Gasteiger partial charge in [0.1, 0.15) is 11.6 Å². The highest BCUT2D eigenvalue weighted by Gasteiger charge is 2.29. The number of thioether (sulfide) groups is 1. The SMILES string of the molecule is C[C@@H](NC(=O)CSC1CCS(=O)(=O)C1)C(=O)OC(C)(C)C. The first-order valence-corrected chi connectivity index (χ1v) is 9.70. The van der Waals surface area contributed by atoms with Crippen LogP contribution in [0.15, 0.2) is 0 Å². The molecule has 21 heavy (non-hydrogen) atoms. The molecule has 1 rings (SSSR count). The molecule has 1 N–H and O–H groups in total. The standard InChI is InChI=1S/C13H23NO5S2/c1-9(12(16)19-13(2,3)4)14-11(15)7-20-10-5-6-21(17,18)8-10/h9-10H,5-8H2,1-4H3,(H,14,15)/t9-,10?/m1/s1. The lowest BCUT2D eigenvalue weighted by atomic mass is 10.2. The molecule has 1 aliphatic rings. The highest BCUT2D eigenvalue weighted by atomic mass is 32.2. The molecular formula is C13H23NO5S2. The van der Waals surface area contributed by atoms with Gasteiger partial charge in [0.05, 0.1) is 17.3 Å². The highest BCUT2D eigenvalue weighted by Crippen LogP contribution is 2.24. The second-order valence-electron chi connectivity index (χ2n) is 6.16. The van der Waals surface area contributed by atoms with Crippen molar-refractivity contribution in [2.24, 2.45) is 0 Å². The highest BCUT2D eigenvalue weighted by molar-refractivity contribution is 8.02. The Morgan fingerprint density at radius 2 is 2.00 bits per heavy atom. The third kappa shape index (κ3) is 7.17. The maximum absolute atomic E-state index is 11.8. The molecule has 1 fully saturated rings. The minimum absolute atomic E-state index is 0.0300. The molecule has 6 nitrogen and oxygen atoms in total. The van der Waals surface area contributed by atoms with Crippen molar-refractivity contribution < 1.29 is 22.7 Å². The van der Waals surface area contributed by atoms with Crippen molar-refractivity contribution >= 4 is 33.5 Å². The number of amides is 1. The lowest BCUT2D eigenvalue weighted by molar-refractivity contribution is -0.157. The zero-order valence-corrected chi connectivity index (χ0v) is 14.5. The molecule has 8 heteroatoms. The summed E-state index contributed by atoms with van der Waals surface area (Å²) >= 11 is 1.32. The van der Waals surface area contributed by atoms with Crippen LogP contribution in [-0.2, 0) is 24.2 Å². The van der Waals surface area contributed by atoms with Gasteiger partial charge in [-0.3, -0.25) is 4.79 Å². The number of ether oxygens (including phenoxy) is 1. The molecule has 0 aromatic carbocycles. The van der Waals surface area contributed by atoms with Crippen LogP contribution in [0.1, 0.15) is 34.1 Å². The van der Waals surface area contributed by atoms with Crippen molar-refractivity contribution in [2.45, 2.75) is 51.0 Å². The fourth-order valence-corrected chi connectivity index (χ4v) is 5.27. The van der Waals surface area contributed by atoms with Crippen molar-refractivity contribution in [1.29, 1.82) is 0 Å². The van der Waals surface area contributed by atoms with Crippen molar-refractivity contribution in [3.05, 3.63) is 0 Å². The van der Waals surface area contributed by atoms with E-state index in [4.69, 9.17) is 4.74 Å². The molecule has 1 aliphatic heterocycles. The van der Waals surface area contributed by atoms with Gasteiger partial charge >= 0.3 is 5.97 Å². The lowest BCUT2D eigenvalue weighted by Gasteiger charge is -2.22. The quantitative estimate of drug-likeness (QED) is 0.745. The molecule has 2 atom stereocenters. The summed E-state index contributed by atoms with van der Waals surface area (Å²) in [6.45, 7) is 6.85. The number of sulfone groups is 1. The summed E-state index contributed by atoms with van der Waals surface area (Å²) in [6, 6.07) is -0.718. The molecule has 0 aliphatic carbocycles. The normalized spacial score (nSPS) is 22.6. The number of rotatable bonds is 5. The number of nitrogens with one attached hydrogen (secondary N) is 1. The molecule has 0 aromatic heterocycles. The molecule has 0 saturated carbocycles. The summed E-state index contributed by atoms with van der Waals surface area (Å²) in [5.41, 5.74) is -0.594. The molecule has 1 unspecified atom stereocenters. The fraction of sp³-hybridized carbons (Fsp3) is 0.846. The summed E-state index contributed by atoms with van der Waals surface area (Å²) in [5, 5.41) is 2.53. The lowest BCUT2D eigenvalue weighted by Crippen LogP contribution is -2.43. The van der Waals surface area contributed by atoms with Crippen molar-refractivity contribution in [3.8, 4) is 0 Å². The van der Waals surface area contributed by atoms with Gasteiger partial charge in [-0.1, -0.05) is 0 Å². The van der Waals surface area contributed by atoms with Gasteiger partial charge in [0.25, 0.3) is 0 Å². The number of carbonyl (C=O) groups excluding carboxylic acids is 2. The van der Waals surface area contributed by atoms with Gasteiger partial charge in [0, 0.05) is 5.25 Å². The molecule has 0 bridgehead atoms. The fourth-order valence-electron chi connectivity index (χ4n) is 1.82. The first-order valence-electron chi connectivity index (χ1n) is 6.83.